The van der Waals surface area contributed by atoms with Crippen molar-refractivity contribution >= 4 is 43.7 Å². The number of fused-ring (bicyclic) bond motifs is 2. The van der Waals surface area contributed by atoms with E-state index >= 15 is 0 Å². The molecule has 0 bridgehead atoms. The number of amides is 1. The van der Waals surface area contributed by atoms with Crippen molar-refractivity contribution in [3.63, 3.8) is 0 Å². The lowest BCUT2D eigenvalue weighted by atomic mass is 9.96. The van der Waals surface area contributed by atoms with E-state index in [-0.39, 0.29) is 67.8 Å². The third-order valence-corrected chi connectivity index (χ3v) is 8.58. The molecule has 2 heterocycles. The number of aromatic hydroxyl groups is 1. The number of nitrogens with one attached hydrogen (secondary N) is 1. The normalized spacial score (nSPS) is 11.7. The van der Waals surface area contributed by atoms with Crippen LogP contribution >= 0.6 is 0 Å². The lowest BCUT2D eigenvalue weighted by molar-refractivity contribution is 0.0964. The van der Waals surface area contributed by atoms with E-state index in [2.05, 4.69) is 10.3 Å². The molecule has 10 nitrogen and oxygen atoms in total. The first-order valence-electron chi connectivity index (χ1n) is 13.4. The Kier molecular flexibility index (Phi) is 7.20. The number of carbonyl (C=O) groups excluding carboxylic acids is 1. The SMILES string of the molecule is CNC(=O)c1c(-c2ccc(F)cc2)oc2cc(N(C)S(C)(=O)=O)c(-c3cc(O)c(OC)c(-c4nc5c(F)cccc5o4)c3)cc12. The molecular formula is C32H25F2N3O7S. The molecule has 230 valence electrons. The Labute approximate surface area is 255 Å². The predicted molar refractivity (Wildman–Crippen MR) is 165 cm³/mol. The number of sulfonamides is 1. The fraction of sp³-hybridized carbons (Fsp3) is 0.125. The van der Waals surface area contributed by atoms with Crippen molar-refractivity contribution < 1.29 is 40.7 Å². The van der Waals surface area contributed by atoms with Crippen molar-refractivity contribution in [2.24, 2.45) is 0 Å². The van der Waals surface area contributed by atoms with Crippen LogP contribution in [0.4, 0.5) is 14.5 Å². The average molecular weight is 634 g/mol. The van der Waals surface area contributed by atoms with Gasteiger partial charge in [0.2, 0.25) is 15.9 Å². The van der Waals surface area contributed by atoms with Crippen molar-refractivity contribution in [3.05, 3.63) is 83.9 Å². The second kappa shape index (κ2) is 10.9. The zero-order valence-electron chi connectivity index (χ0n) is 24.3. The van der Waals surface area contributed by atoms with Gasteiger partial charge in [-0.2, -0.15) is 0 Å². The van der Waals surface area contributed by atoms with Gasteiger partial charge in [0.15, 0.2) is 22.9 Å². The molecule has 0 aliphatic carbocycles. The minimum Gasteiger partial charge on any atom is -0.504 e. The van der Waals surface area contributed by atoms with Crippen LogP contribution < -0.4 is 14.4 Å². The maximum atomic E-state index is 14.5. The molecule has 2 aromatic heterocycles. The van der Waals surface area contributed by atoms with Gasteiger partial charge in [0.25, 0.3) is 5.91 Å². The van der Waals surface area contributed by atoms with Crippen molar-refractivity contribution in [2.75, 3.05) is 31.8 Å². The summed E-state index contributed by atoms with van der Waals surface area (Å²) in [7, 11) is 0.284. The second-order valence-corrected chi connectivity index (χ2v) is 12.2. The van der Waals surface area contributed by atoms with E-state index in [4.69, 9.17) is 13.6 Å². The van der Waals surface area contributed by atoms with E-state index in [0.29, 0.717) is 10.9 Å². The van der Waals surface area contributed by atoms with Crippen molar-refractivity contribution in [1.29, 1.82) is 0 Å². The summed E-state index contributed by atoms with van der Waals surface area (Å²) in [6, 6.07) is 15.5. The number of hydrogen-bond acceptors (Lipinski definition) is 8. The van der Waals surface area contributed by atoms with Crippen LogP contribution in [0.2, 0.25) is 0 Å². The number of furan rings is 1. The largest absolute Gasteiger partial charge is 0.504 e. The fourth-order valence-corrected chi connectivity index (χ4v) is 5.64. The van der Waals surface area contributed by atoms with Crippen LogP contribution in [0.15, 0.2) is 75.6 Å². The number of phenolic OH excluding ortho intramolecular Hbond substituents is 1. The van der Waals surface area contributed by atoms with Crippen LogP contribution in [0.5, 0.6) is 11.5 Å². The Balaban J connectivity index is 1.67. The van der Waals surface area contributed by atoms with Crippen molar-refractivity contribution in [1.82, 2.24) is 10.3 Å². The van der Waals surface area contributed by atoms with Gasteiger partial charge in [-0.1, -0.05) is 6.07 Å². The molecule has 0 saturated heterocycles. The Morgan fingerprint density at radius 3 is 2.36 bits per heavy atom. The van der Waals surface area contributed by atoms with Crippen LogP contribution in [0.3, 0.4) is 0 Å². The van der Waals surface area contributed by atoms with E-state index in [1.54, 1.807) is 12.1 Å². The molecule has 0 aliphatic heterocycles. The molecule has 0 fully saturated rings. The second-order valence-electron chi connectivity index (χ2n) is 10.2. The first kappa shape index (κ1) is 29.6. The third-order valence-electron chi connectivity index (χ3n) is 7.39. The molecule has 6 rings (SSSR count). The highest BCUT2D eigenvalue weighted by Gasteiger charge is 2.27. The molecule has 0 spiro atoms. The summed E-state index contributed by atoms with van der Waals surface area (Å²) in [6.45, 7) is 0. The molecular weight excluding hydrogens is 608 g/mol. The van der Waals surface area contributed by atoms with Gasteiger partial charge in [-0.25, -0.2) is 22.2 Å². The number of phenols is 1. The molecule has 45 heavy (non-hydrogen) atoms. The standard InChI is InChI=1S/C32H25F2N3O7S/c1-35-31(39)27-20-14-19(23(37(2)45(4,40)41)15-26(20)43-29(27)16-8-10-18(33)11-9-16)17-12-21(30(42-3)24(38)13-17)32-36-28-22(34)6-5-7-25(28)44-32/h5-15,38H,1-4H3,(H,35,39). The number of rotatable bonds is 7. The lowest BCUT2D eigenvalue weighted by Gasteiger charge is -2.21. The van der Waals surface area contributed by atoms with Gasteiger partial charge in [-0.3, -0.25) is 9.10 Å². The van der Waals surface area contributed by atoms with Crippen LogP contribution in [0.25, 0.3) is 56.0 Å². The number of hydrogen-bond donors (Lipinski definition) is 2. The maximum Gasteiger partial charge on any atom is 0.255 e. The summed E-state index contributed by atoms with van der Waals surface area (Å²) < 4.78 is 72.1. The summed E-state index contributed by atoms with van der Waals surface area (Å²) in [6.07, 6.45) is 1.02. The number of ether oxygens (including phenoxy) is 1. The summed E-state index contributed by atoms with van der Waals surface area (Å²) in [5, 5.41) is 14.0. The van der Waals surface area contributed by atoms with E-state index < -0.39 is 27.6 Å². The topological polar surface area (TPSA) is 135 Å². The molecule has 1 amide bonds. The molecule has 0 atom stereocenters. The number of carbonyl (C=O) groups is 1. The number of oxazole rings is 1. The number of para-hydroxylation sites is 1. The number of methoxy groups -OCH3 is 1. The molecule has 4 aromatic carbocycles. The fourth-order valence-electron chi connectivity index (χ4n) is 5.13. The molecule has 13 heteroatoms. The first-order chi connectivity index (χ1) is 21.4. The van der Waals surface area contributed by atoms with Crippen molar-refractivity contribution in [3.8, 4) is 45.4 Å². The van der Waals surface area contributed by atoms with E-state index in [1.807, 2.05) is 0 Å². The van der Waals surface area contributed by atoms with Crippen LogP contribution in [0, 0.1) is 11.6 Å². The van der Waals surface area contributed by atoms with Gasteiger partial charge in [-0.05, 0) is 60.2 Å². The van der Waals surface area contributed by atoms with Gasteiger partial charge in [0.1, 0.15) is 22.7 Å². The Bertz CT molecular complexity index is 2240. The molecule has 2 N–H and O–H groups in total. The monoisotopic (exact) mass is 633 g/mol. The van der Waals surface area contributed by atoms with Gasteiger partial charge in [0.05, 0.1) is 30.2 Å². The molecule has 6 aromatic rings. The highest BCUT2D eigenvalue weighted by atomic mass is 32.2. The quantitative estimate of drug-likeness (QED) is 0.209. The molecule has 0 aliphatic rings. The number of aromatic nitrogens is 1. The zero-order chi connectivity index (χ0) is 32.2. The van der Waals surface area contributed by atoms with Gasteiger partial charge in [-0.15, -0.1) is 0 Å². The van der Waals surface area contributed by atoms with Crippen LogP contribution in [-0.4, -0.2) is 51.9 Å². The molecule has 0 unspecified atom stereocenters. The minimum atomic E-state index is -3.83. The first-order valence-corrected chi connectivity index (χ1v) is 15.2. The lowest BCUT2D eigenvalue weighted by Crippen LogP contribution is -2.25. The van der Waals surface area contributed by atoms with E-state index in [1.165, 1.54) is 75.8 Å². The Morgan fingerprint density at radius 1 is 0.978 bits per heavy atom. The predicted octanol–water partition coefficient (Wildman–Crippen LogP) is 6.32. The summed E-state index contributed by atoms with van der Waals surface area (Å²) in [5.41, 5.74) is 1.71. The Morgan fingerprint density at radius 2 is 1.71 bits per heavy atom. The maximum absolute atomic E-state index is 14.5. The smallest absolute Gasteiger partial charge is 0.255 e. The minimum absolute atomic E-state index is 0.0160. The summed E-state index contributed by atoms with van der Waals surface area (Å²) in [4.78, 5) is 17.5. The number of anilines is 1. The van der Waals surface area contributed by atoms with Crippen molar-refractivity contribution in [2.45, 2.75) is 0 Å². The molecule has 0 saturated carbocycles. The number of halogens is 2. The van der Waals surface area contributed by atoms with Crippen LogP contribution in [0.1, 0.15) is 10.4 Å². The average Bonchev–Trinajstić information content (AvgIpc) is 3.62. The van der Waals surface area contributed by atoms with E-state index in [0.717, 1.165) is 10.6 Å². The summed E-state index contributed by atoms with van der Waals surface area (Å²) in [5.74, 6) is -1.87. The third kappa shape index (κ3) is 5.10. The molecule has 0 radical (unpaired) electrons. The highest BCUT2D eigenvalue weighted by Crippen LogP contribution is 2.46. The number of benzene rings is 4. The van der Waals surface area contributed by atoms with Gasteiger partial charge in [0, 0.05) is 36.7 Å². The van der Waals surface area contributed by atoms with E-state index in [9.17, 15) is 27.1 Å². The van der Waals surface area contributed by atoms with Crippen LogP contribution in [-0.2, 0) is 10.0 Å². The Hall–Kier alpha value is -5.43. The summed E-state index contributed by atoms with van der Waals surface area (Å²) >= 11 is 0. The van der Waals surface area contributed by atoms with Gasteiger partial charge >= 0.3 is 0 Å². The van der Waals surface area contributed by atoms with Gasteiger partial charge < -0.3 is 24.0 Å². The highest BCUT2D eigenvalue weighted by molar-refractivity contribution is 7.92. The zero-order valence-corrected chi connectivity index (χ0v) is 25.1. The number of nitrogens with zero attached hydrogens (tertiary/aromatic N) is 2.